The van der Waals surface area contributed by atoms with E-state index in [2.05, 4.69) is 15.6 Å². The minimum Gasteiger partial charge on any atom is -0.488 e. The molecule has 9 heteroatoms. The van der Waals surface area contributed by atoms with Crippen molar-refractivity contribution in [2.75, 3.05) is 5.32 Å². The van der Waals surface area contributed by atoms with Gasteiger partial charge in [-0.3, -0.25) is 9.59 Å². The second-order valence-electron chi connectivity index (χ2n) is 8.90. The van der Waals surface area contributed by atoms with Crippen molar-refractivity contribution < 1.29 is 29.0 Å². The number of pyridine rings is 1. The van der Waals surface area contributed by atoms with Gasteiger partial charge in [0.05, 0.1) is 23.7 Å². The minimum atomic E-state index is -1.11. The highest BCUT2D eigenvalue weighted by Gasteiger charge is 2.27. The van der Waals surface area contributed by atoms with Crippen molar-refractivity contribution in [3.8, 4) is 17.4 Å². The number of hydrogen-bond acceptors (Lipinski definition) is 6. The standard InChI is InChI=1S/C28H29N3O6/c1-18(32)30-24-8-4-5-9-25(24)36-20-11-13-21(14-12-20)37-27-15-10-19(17-29-27)16-26(33)31-23-7-3-2-6-22(23)28(34)35/h2-3,6-7,10-15,17,24-25H,4-5,8-9,16H2,1H3,(H,30,32)(H,31,33)(H,34,35)/t24-,25-/m0/s1. The molecule has 0 radical (unpaired) electrons. The van der Waals surface area contributed by atoms with E-state index in [-0.39, 0.29) is 41.6 Å². The zero-order chi connectivity index (χ0) is 26.2. The highest BCUT2D eigenvalue weighted by Crippen LogP contribution is 2.27. The Kier molecular flexibility index (Phi) is 8.35. The van der Waals surface area contributed by atoms with Gasteiger partial charge in [-0.05, 0) is 61.2 Å². The molecular formula is C28H29N3O6. The molecule has 1 fully saturated rings. The Morgan fingerprint density at radius 3 is 2.41 bits per heavy atom. The largest absolute Gasteiger partial charge is 0.488 e. The van der Waals surface area contributed by atoms with Crippen molar-refractivity contribution >= 4 is 23.5 Å². The van der Waals surface area contributed by atoms with E-state index < -0.39 is 5.97 Å². The van der Waals surface area contributed by atoms with Gasteiger partial charge in [0.15, 0.2) is 0 Å². The van der Waals surface area contributed by atoms with Crippen molar-refractivity contribution in [2.45, 2.75) is 51.2 Å². The van der Waals surface area contributed by atoms with E-state index in [0.717, 1.165) is 25.7 Å². The Hall–Kier alpha value is -4.40. The Labute approximate surface area is 214 Å². The zero-order valence-electron chi connectivity index (χ0n) is 20.5. The van der Waals surface area contributed by atoms with E-state index >= 15 is 0 Å². The van der Waals surface area contributed by atoms with Gasteiger partial charge >= 0.3 is 5.97 Å². The SMILES string of the molecule is CC(=O)N[C@H]1CCCC[C@@H]1Oc1ccc(Oc2ccc(CC(=O)Nc3ccccc3C(=O)O)cn2)cc1. The molecule has 1 aliphatic rings. The van der Waals surface area contributed by atoms with Crippen LogP contribution in [0.15, 0.2) is 66.9 Å². The maximum atomic E-state index is 12.4. The number of nitrogens with one attached hydrogen (secondary N) is 2. The lowest BCUT2D eigenvalue weighted by molar-refractivity contribution is -0.120. The van der Waals surface area contributed by atoms with E-state index in [4.69, 9.17) is 9.47 Å². The quantitative estimate of drug-likeness (QED) is 0.390. The Morgan fingerprint density at radius 2 is 1.70 bits per heavy atom. The average molecular weight is 504 g/mol. The molecule has 0 spiro atoms. The molecule has 1 heterocycles. The number of carbonyl (C=O) groups is 3. The number of nitrogens with zero attached hydrogens (tertiary/aromatic N) is 1. The number of amides is 2. The van der Waals surface area contributed by atoms with Crippen LogP contribution in [0, 0.1) is 0 Å². The number of carbonyl (C=O) groups excluding carboxylic acids is 2. The van der Waals surface area contributed by atoms with Crippen molar-refractivity contribution in [3.63, 3.8) is 0 Å². The summed E-state index contributed by atoms with van der Waals surface area (Å²) in [6.45, 7) is 1.52. The molecule has 0 aliphatic heterocycles. The molecule has 37 heavy (non-hydrogen) atoms. The molecule has 1 saturated carbocycles. The van der Waals surface area contributed by atoms with Gasteiger partial charge < -0.3 is 25.2 Å². The lowest BCUT2D eigenvalue weighted by atomic mass is 9.92. The fourth-order valence-electron chi connectivity index (χ4n) is 4.28. The predicted molar refractivity (Wildman–Crippen MR) is 137 cm³/mol. The predicted octanol–water partition coefficient (Wildman–Crippen LogP) is 4.58. The fraction of sp³-hybridized carbons (Fsp3) is 0.286. The van der Waals surface area contributed by atoms with Crippen LogP contribution in [0.2, 0.25) is 0 Å². The van der Waals surface area contributed by atoms with E-state index in [1.807, 2.05) is 12.1 Å². The number of carboxylic acid groups (broad SMARTS) is 1. The van der Waals surface area contributed by atoms with Crippen molar-refractivity contribution in [1.82, 2.24) is 10.3 Å². The molecule has 192 valence electrons. The maximum Gasteiger partial charge on any atom is 0.337 e. The van der Waals surface area contributed by atoms with Crippen molar-refractivity contribution in [2.24, 2.45) is 0 Å². The molecular weight excluding hydrogens is 474 g/mol. The van der Waals surface area contributed by atoms with Gasteiger partial charge in [-0.2, -0.15) is 0 Å². The number of benzene rings is 2. The molecule has 2 atom stereocenters. The second-order valence-corrected chi connectivity index (χ2v) is 8.90. The number of carboxylic acids is 1. The van der Waals surface area contributed by atoms with Crippen LogP contribution in [0.3, 0.4) is 0 Å². The lowest BCUT2D eigenvalue weighted by Crippen LogP contribution is -2.46. The smallest absolute Gasteiger partial charge is 0.337 e. The number of para-hydroxylation sites is 1. The molecule has 1 aliphatic carbocycles. The van der Waals surface area contributed by atoms with Crippen LogP contribution < -0.4 is 20.1 Å². The number of ether oxygens (including phenoxy) is 2. The fourth-order valence-corrected chi connectivity index (χ4v) is 4.28. The molecule has 3 aromatic rings. The Morgan fingerprint density at radius 1 is 0.973 bits per heavy atom. The van der Waals surface area contributed by atoms with Crippen LogP contribution in [0.1, 0.15) is 48.5 Å². The summed E-state index contributed by atoms with van der Waals surface area (Å²) in [6, 6.07) is 16.9. The topological polar surface area (TPSA) is 127 Å². The van der Waals surface area contributed by atoms with E-state index in [0.29, 0.717) is 22.9 Å². The third-order valence-electron chi connectivity index (χ3n) is 6.02. The Bertz CT molecular complexity index is 1240. The van der Waals surface area contributed by atoms with E-state index in [1.54, 1.807) is 48.7 Å². The number of rotatable bonds is 9. The molecule has 0 saturated heterocycles. The Balaban J connectivity index is 1.30. The van der Waals surface area contributed by atoms with Crippen LogP contribution in [0.4, 0.5) is 5.69 Å². The average Bonchev–Trinajstić information content (AvgIpc) is 2.87. The first-order valence-electron chi connectivity index (χ1n) is 12.2. The molecule has 9 nitrogen and oxygen atoms in total. The van der Waals surface area contributed by atoms with Gasteiger partial charge in [0.25, 0.3) is 0 Å². The van der Waals surface area contributed by atoms with Gasteiger partial charge in [-0.15, -0.1) is 0 Å². The molecule has 0 unspecified atom stereocenters. The van der Waals surface area contributed by atoms with Crippen molar-refractivity contribution in [1.29, 1.82) is 0 Å². The summed E-state index contributed by atoms with van der Waals surface area (Å²) >= 11 is 0. The number of aromatic carboxylic acids is 1. The third-order valence-corrected chi connectivity index (χ3v) is 6.02. The lowest BCUT2D eigenvalue weighted by Gasteiger charge is -2.32. The minimum absolute atomic E-state index is 0.0129. The maximum absolute atomic E-state index is 12.4. The summed E-state index contributed by atoms with van der Waals surface area (Å²) in [7, 11) is 0. The first-order valence-corrected chi connectivity index (χ1v) is 12.2. The molecule has 0 bridgehead atoms. The van der Waals surface area contributed by atoms with Crippen LogP contribution in [-0.2, 0) is 16.0 Å². The number of hydrogen-bond donors (Lipinski definition) is 3. The van der Waals surface area contributed by atoms with Crippen LogP contribution in [-0.4, -0.2) is 40.0 Å². The summed E-state index contributed by atoms with van der Waals surface area (Å²) in [5.74, 6) is 0.144. The molecule has 2 amide bonds. The third kappa shape index (κ3) is 7.30. The number of aromatic nitrogens is 1. The van der Waals surface area contributed by atoms with Gasteiger partial charge in [0.1, 0.15) is 17.6 Å². The highest BCUT2D eigenvalue weighted by atomic mass is 16.5. The molecule has 3 N–H and O–H groups in total. The van der Waals surface area contributed by atoms with Crippen molar-refractivity contribution in [3.05, 3.63) is 78.0 Å². The van der Waals surface area contributed by atoms with Gasteiger partial charge in [-0.1, -0.05) is 24.6 Å². The number of anilines is 1. The van der Waals surface area contributed by atoms with E-state index in [9.17, 15) is 19.5 Å². The zero-order valence-corrected chi connectivity index (χ0v) is 20.5. The highest BCUT2D eigenvalue weighted by molar-refractivity contribution is 6.00. The van der Waals surface area contributed by atoms with Crippen LogP contribution in [0.5, 0.6) is 17.4 Å². The summed E-state index contributed by atoms with van der Waals surface area (Å²) in [6.07, 6.45) is 5.46. The van der Waals surface area contributed by atoms with Gasteiger partial charge in [-0.25, -0.2) is 9.78 Å². The summed E-state index contributed by atoms with van der Waals surface area (Å²) < 4.78 is 11.9. The molecule has 1 aromatic heterocycles. The summed E-state index contributed by atoms with van der Waals surface area (Å²) in [5, 5.41) is 14.9. The summed E-state index contributed by atoms with van der Waals surface area (Å²) in [5.41, 5.74) is 0.928. The second kappa shape index (κ2) is 12.0. The van der Waals surface area contributed by atoms with Crippen LogP contribution >= 0.6 is 0 Å². The monoisotopic (exact) mass is 503 g/mol. The van der Waals surface area contributed by atoms with Gasteiger partial charge in [0, 0.05) is 19.2 Å². The van der Waals surface area contributed by atoms with Crippen LogP contribution in [0.25, 0.3) is 0 Å². The normalized spacial score (nSPS) is 16.9. The summed E-state index contributed by atoms with van der Waals surface area (Å²) in [4.78, 5) is 39.4. The van der Waals surface area contributed by atoms with Gasteiger partial charge in [0.2, 0.25) is 17.7 Å². The van der Waals surface area contributed by atoms with E-state index in [1.165, 1.54) is 13.0 Å². The first kappa shape index (κ1) is 25.7. The molecule has 4 rings (SSSR count). The first-order chi connectivity index (χ1) is 17.9. The molecule has 2 aromatic carbocycles.